The van der Waals surface area contributed by atoms with Gasteiger partial charge in [0.1, 0.15) is 5.75 Å². The van der Waals surface area contributed by atoms with Crippen LogP contribution in [0.15, 0.2) is 6.07 Å². The van der Waals surface area contributed by atoms with Crippen LogP contribution >= 0.6 is 0 Å². The molecule has 0 radical (unpaired) electrons. The molecule has 1 aromatic carbocycles. The molecule has 0 amide bonds. The van der Waals surface area contributed by atoms with Crippen LogP contribution in [0.2, 0.25) is 0 Å². The second-order valence-electron chi connectivity index (χ2n) is 6.08. The minimum absolute atomic E-state index is 0.0632. The molecule has 1 fully saturated rings. The summed E-state index contributed by atoms with van der Waals surface area (Å²) in [6.07, 6.45) is 8.41. The summed E-state index contributed by atoms with van der Waals surface area (Å²) in [5.74, 6) is 1.06. The zero-order chi connectivity index (χ0) is 12.8. The highest BCUT2D eigenvalue weighted by molar-refractivity contribution is 5.51. The molecule has 1 aromatic rings. The van der Waals surface area contributed by atoms with E-state index in [0.717, 1.165) is 12.2 Å². The number of ether oxygens (including phenoxy) is 1. The van der Waals surface area contributed by atoms with Gasteiger partial charge < -0.3 is 10.5 Å². The molecule has 0 heterocycles. The summed E-state index contributed by atoms with van der Waals surface area (Å²) >= 11 is 0. The third kappa shape index (κ3) is 2.03. The summed E-state index contributed by atoms with van der Waals surface area (Å²) in [4.78, 5) is 0. The van der Waals surface area contributed by atoms with Crippen molar-refractivity contribution in [3.8, 4) is 5.75 Å². The Morgan fingerprint density at radius 1 is 1.22 bits per heavy atom. The van der Waals surface area contributed by atoms with Gasteiger partial charge >= 0.3 is 0 Å². The fourth-order valence-electron chi connectivity index (χ4n) is 3.26. The zero-order valence-electron chi connectivity index (χ0n) is 11.5. The third-order valence-electron chi connectivity index (χ3n) is 4.59. The molecular formula is C16H23NO. The predicted octanol–water partition coefficient (Wildman–Crippen LogP) is 2.92. The molecule has 1 saturated carbocycles. The summed E-state index contributed by atoms with van der Waals surface area (Å²) < 4.78 is 5.61. The summed E-state index contributed by atoms with van der Waals surface area (Å²) in [5.41, 5.74) is 12.3. The van der Waals surface area contributed by atoms with Crippen LogP contribution in [0.3, 0.4) is 0 Å². The van der Waals surface area contributed by atoms with E-state index in [0.29, 0.717) is 0 Å². The molecule has 2 aliphatic rings. The van der Waals surface area contributed by atoms with Crippen molar-refractivity contribution in [1.82, 2.24) is 0 Å². The lowest BCUT2D eigenvalue weighted by molar-refractivity contribution is 0.405. The molecule has 98 valence electrons. The Morgan fingerprint density at radius 3 is 2.50 bits per heavy atom. The molecule has 2 heteroatoms. The highest BCUT2D eigenvalue weighted by Crippen LogP contribution is 2.41. The van der Waals surface area contributed by atoms with Gasteiger partial charge in [-0.1, -0.05) is 0 Å². The van der Waals surface area contributed by atoms with Crippen LogP contribution < -0.4 is 10.5 Å². The first kappa shape index (κ1) is 12.0. The van der Waals surface area contributed by atoms with Crippen molar-refractivity contribution in [2.45, 2.75) is 57.4 Å². The molecule has 0 aromatic heterocycles. The lowest BCUT2D eigenvalue weighted by Crippen LogP contribution is -2.26. The molecule has 2 aliphatic carbocycles. The monoisotopic (exact) mass is 245 g/mol. The molecule has 0 unspecified atom stereocenters. The normalized spacial score (nSPS) is 20.4. The number of rotatable bonds is 3. The maximum atomic E-state index is 6.32. The molecule has 0 spiro atoms. The average Bonchev–Trinajstić information content (AvgIpc) is 3.11. The smallest absolute Gasteiger partial charge is 0.122 e. The van der Waals surface area contributed by atoms with Crippen molar-refractivity contribution in [3.63, 3.8) is 0 Å². The van der Waals surface area contributed by atoms with Crippen LogP contribution in [0.25, 0.3) is 0 Å². The molecule has 0 bridgehead atoms. The van der Waals surface area contributed by atoms with Crippen LogP contribution in [-0.2, 0) is 19.3 Å². The SMILES string of the molecule is COc1cc(C)c2c(c1CC1(N)CC1)CCCC2. The number of hydrogen-bond donors (Lipinski definition) is 1. The summed E-state index contributed by atoms with van der Waals surface area (Å²) in [6.45, 7) is 2.21. The molecule has 18 heavy (non-hydrogen) atoms. The van der Waals surface area contributed by atoms with Gasteiger partial charge in [0.25, 0.3) is 0 Å². The van der Waals surface area contributed by atoms with Gasteiger partial charge in [-0.05, 0) is 80.2 Å². The van der Waals surface area contributed by atoms with E-state index in [-0.39, 0.29) is 5.54 Å². The van der Waals surface area contributed by atoms with Gasteiger partial charge in [-0.15, -0.1) is 0 Å². The molecule has 3 rings (SSSR count). The van der Waals surface area contributed by atoms with Crippen LogP contribution in [0.1, 0.15) is 47.9 Å². The maximum Gasteiger partial charge on any atom is 0.122 e. The van der Waals surface area contributed by atoms with Crippen LogP contribution in [0, 0.1) is 6.92 Å². The van der Waals surface area contributed by atoms with E-state index >= 15 is 0 Å². The first-order valence-corrected chi connectivity index (χ1v) is 7.10. The largest absolute Gasteiger partial charge is 0.496 e. The first-order chi connectivity index (χ1) is 8.63. The van der Waals surface area contributed by atoms with E-state index in [4.69, 9.17) is 10.5 Å². The van der Waals surface area contributed by atoms with E-state index in [1.54, 1.807) is 18.2 Å². The number of aryl methyl sites for hydroxylation is 1. The minimum Gasteiger partial charge on any atom is -0.496 e. The predicted molar refractivity (Wildman–Crippen MR) is 74.2 cm³/mol. The van der Waals surface area contributed by atoms with Crippen molar-refractivity contribution in [2.24, 2.45) is 5.73 Å². The van der Waals surface area contributed by atoms with E-state index < -0.39 is 0 Å². The van der Waals surface area contributed by atoms with Crippen LogP contribution in [0.4, 0.5) is 0 Å². The van der Waals surface area contributed by atoms with Crippen LogP contribution in [0.5, 0.6) is 5.75 Å². The Hall–Kier alpha value is -1.02. The van der Waals surface area contributed by atoms with Gasteiger partial charge in [0.2, 0.25) is 0 Å². The summed E-state index contributed by atoms with van der Waals surface area (Å²) in [5, 5.41) is 0. The fourth-order valence-corrected chi connectivity index (χ4v) is 3.26. The lowest BCUT2D eigenvalue weighted by atomic mass is 9.83. The van der Waals surface area contributed by atoms with E-state index in [2.05, 4.69) is 13.0 Å². The van der Waals surface area contributed by atoms with E-state index in [9.17, 15) is 0 Å². The number of benzene rings is 1. The van der Waals surface area contributed by atoms with Gasteiger partial charge in [0.15, 0.2) is 0 Å². The van der Waals surface area contributed by atoms with E-state index in [1.165, 1.54) is 49.7 Å². The Bertz CT molecular complexity index is 474. The Balaban J connectivity index is 2.08. The quantitative estimate of drug-likeness (QED) is 0.888. The van der Waals surface area contributed by atoms with Crippen molar-refractivity contribution in [2.75, 3.05) is 7.11 Å². The standard InChI is InChI=1S/C16H23NO/c1-11-9-15(18-2)14(10-16(17)7-8-16)13-6-4-3-5-12(11)13/h9H,3-8,10,17H2,1-2H3. The fraction of sp³-hybridized carbons (Fsp3) is 0.625. The average molecular weight is 245 g/mol. The van der Waals surface area contributed by atoms with Crippen LogP contribution in [-0.4, -0.2) is 12.6 Å². The highest BCUT2D eigenvalue weighted by Gasteiger charge is 2.39. The van der Waals surface area contributed by atoms with Crippen molar-refractivity contribution >= 4 is 0 Å². The maximum absolute atomic E-state index is 6.32. The van der Waals surface area contributed by atoms with Gasteiger partial charge in [-0.3, -0.25) is 0 Å². The lowest BCUT2D eigenvalue weighted by Gasteiger charge is -2.25. The second-order valence-corrected chi connectivity index (χ2v) is 6.08. The van der Waals surface area contributed by atoms with Gasteiger partial charge in [-0.25, -0.2) is 0 Å². The van der Waals surface area contributed by atoms with Gasteiger partial charge in [0.05, 0.1) is 7.11 Å². The molecule has 2 nitrogen and oxygen atoms in total. The number of fused-ring (bicyclic) bond motifs is 1. The third-order valence-corrected chi connectivity index (χ3v) is 4.59. The molecule has 0 atom stereocenters. The second kappa shape index (κ2) is 4.27. The number of nitrogens with two attached hydrogens (primary N) is 1. The van der Waals surface area contributed by atoms with E-state index in [1.807, 2.05) is 0 Å². The van der Waals surface area contributed by atoms with Crippen molar-refractivity contribution < 1.29 is 4.74 Å². The number of hydrogen-bond acceptors (Lipinski definition) is 2. The van der Waals surface area contributed by atoms with Crippen molar-refractivity contribution in [3.05, 3.63) is 28.3 Å². The Labute approximate surface area is 110 Å². The summed E-state index contributed by atoms with van der Waals surface area (Å²) in [7, 11) is 1.78. The van der Waals surface area contributed by atoms with Gasteiger partial charge in [0, 0.05) is 5.54 Å². The van der Waals surface area contributed by atoms with Crippen molar-refractivity contribution in [1.29, 1.82) is 0 Å². The highest BCUT2D eigenvalue weighted by atomic mass is 16.5. The Kier molecular flexibility index (Phi) is 2.86. The summed E-state index contributed by atoms with van der Waals surface area (Å²) in [6, 6.07) is 2.21. The number of methoxy groups -OCH3 is 1. The molecule has 2 N–H and O–H groups in total. The Morgan fingerprint density at radius 2 is 1.89 bits per heavy atom. The molecule has 0 saturated heterocycles. The molecule has 0 aliphatic heterocycles. The van der Waals surface area contributed by atoms with Gasteiger partial charge in [-0.2, -0.15) is 0 Å². The molecular weight excluding hydrogens is 222 g/mol. The first-order valence-electron chi connectivity index (χ1n) is 7.10. The zero-order valence-corrected chi connectivity index (χ0v) is 11.5. The minimum atomic E-state index is 0.0632. The topological polar surface area (TPSA) is 35.2 Å².